The van der Waals surface area contributed by atoms with E-state index in [1.165, 1.54) is 29.2 Å². The molecule has 2 amide bonds. The summed E-state index contributed by atoms with van der Waals surface area (Å²) in [6.45, 7) is 7.05. The molecule has 186 valence electrons. The Morgan fingerprint density at radius 3 is 2.36 bits per heavy atom. The number of anilines is 1. The Hall–Kier alpha value is -4.34. The Labute approximate surface area is 207 Å². The number of amides is 2. The number of benzene rings is 2. The van der Waals surface area contributed by atoms with E-state index in [0.717, 1.165) is 4.80 Å². The molecule has 2 aromatic heterocycles. The SMILES string of the molecule is Cc1ccc(-c2nnn(CC(=O)N(c3ccccc3)C(C(=O)NC(C)(C)C)c3ccc(F)cc3)n2)o1. The molecule has 1 atom stereocenters. The monoisotopic (exact) mass is 490 g/mol. The first-order chi connectivity index (χ1) is 17.1. The van der Waals surface area contributed by atoms with Crippen LogP contribution in [0.25, 0.3) is 11.6 Å². The van der Waals surface area contributed by atoms with Crippen molar-refractivity contribution in [2.75, 3.05) is 4.90 Å². The number of nitrogens with one attached hydrogen (secondary N) is 1. The van der Waals surface area contributed by atoms with Crippen molar-refractivity contribution >= 4 is 17.5 Å². The van der Waals surface area contributed by atoms with Gasteiger partial charge in [-0.15, -0.1) is 10.2 Å². The third kappa shape index (κ3) is 5.83. The highest BCUT2D eigenvalue weighted by Gasteiger charge is 2.34. The van der Waals surface area contributed by atoms with Crippen LogP contribution in [0, 0.1) is 12.7 Å². The van der Waals surface area contributed by atoms with Gasteiger partial charge in [-0.3, -0.25) is 14.5 Å². The smallest absolute Gasteiger partial charge is 0.251 e. The molecule has 36 heavy (non-hydrogen) atoms. The first-order valence-electron chi connectivity index (χ1n) is 11.4. The molecule has 0 saturated heterocycles. The molecule has 2 heterocycles. The molecule has 0 aliphatic rings. The van der Waals surface area contributed by atoms with E-state index < -0.39 is 29.2 Å². The minimum atomic E-state index is -1.07. The number of rotatable bonds is 7. The summed E-state index contributed by atoms with van der Waals surface area (Å²) in [4.78, 5) is 29.8. The Balaban J connectivity index is 1.72. The number of furan rings is 1. The molecule has 10 heteroatoms. The lowest BCUT2D eigenvalue weighted by Crippen LogP contribution is -2.50. The van der Waals surface area contributed by atoms with E-state index in [-0.39, 0.29) is 12.4 Å². The first-order valence-corrected chi connectivity index (χ1v) is 11.4. The summed E-state index contributed by atoms with van der Waals surface area (Å²) in [5, 5.41) is 15.2. The molecule has 1 unspecified atom stereocenters. The number of halogens is 1. The van der Waals surface area contributed by atoms with Crippen molar-refractivity contribution < 1.29 is 18.4 Å². The molecule has 0 saturated carbocycles. The molecule has 9 nitrogen and oxygen atoms in total. The predicted molar refractivity (Wildman–Crippen MR) is 131 cm³/mol. The Morgan fingerprint density at radius 1 is 1.06 bits per heavy atom. The standard InChI is InChI=1S/C26H27FN6O3/c1-17-10-15-21(36-17)24-29-31-32(30-24)16-22(34)33(20-8-6-5-7-9-20)23(25(35)28-26(2,3)4)18-11-13-19(27)14-12-18/h5-15,23H,16H2,1-4H3,(H,28,35). The van der Waals surface area contributed by atoms with Crippen LogP contribution in [0.5, 0.6) is 0 Å². The molecule has 1 N–H and O–H groups in total. The molecule has 0 fully saturated rings. The lowest BCUT2D eigenvalue weighted by molar-refractivity contribution is -0.128. The quantitative estimate of drug-likeness (QED) is 0.419. The van der Waals surface area contributed by atoms with Crippen LogP contribution in [0.3, 0.4) is 0 Å². The normalized spacial score (nSPS) is 12.2. The van der Waals surface area contributed by atoms with E-state index >= 15 is 0 Å². The number of hydrogen-bond acceptors (Lipinski definition) is 6. The van der Waals surface area contributed by atoms with Crippen molar-refractivity contribution in [3.05, 3.63) is 83.9 Å². The molecule has 0 bridgehead atoms. The summed E-state index contributed by atoms with van der Waals surface area (Å²) in [6, 6.07) is 16.7. The van der Waals surface area contributed by atoms with Gasteiger partial charge in [0.05, 0.1) is 0 Å². The van der Waals surface area contributed by atoms with Gasteiger partial charge in [0.25, 0.3) is 5.91 Å². The number of hydrogen-bond donors (Lipinski definition) is 1. The van der Waals surface area contributed by atoms with Gasteiger partial charge in [0, 0.05) is 11.2 Å². The summed E-state index contributed by atoms with van der Waals surface area (Å²) < 4.78 is 19.3. The number of carbonyl (C=O) groups is 2. The molecular weight excluding hydrogens is 463 g/mol. The molecular formula is C26H27FN6O3. The zero-order chi connectivity index (χ0) is 25.9. The minimum Gasteiger partial charge on any atom is -0.458 e. The average Bonchev–Trinajstić information content (AvgIpc) is 3.46. The second kappa shape index (κ2) is 10.1. The first kappa shape index (κ1) is 24.8. The molecule has 0 radical (unpaired) electrons. The predicted octanol–water partition coefficient (Wildman–Crippen LogP) is 4.07. The fourth-order valence-corrected chi connectivity index (χ4v) is 3.69. The zero-order valence-electron chi connectivity index (χ0n) is 20.5. The highest BCUT2D eigenvalue weighted by atomic mass is 19.1. The van der Waals surface area contributed by atoms with E-state index in [4.69, 9.17) is 4.42 Å². The van der Waals surface area contributed by atoms with Gasteiger partial charge in [-0.1, -0.05) is 30.3 Å². The maximum absolute atomic E-state index is 13.7. The summed E-state index contributed by atoms with van der Waals surface area (Å²) in [6.07, 6.45) is 0. The molecule has 4 aromatic rings. The molecule has 0 aliphatic carbocycles. The molecule has 4 rings (SSSR count). The third-order valence-corrected chi connectivity index (χ3v) is 5.18. The third-order valence-electron chi connectivity index (χ3n) is 5.18. The summed E-state index contributed by atoms with van der Waals surface area (Å²) in [5.41, 5.74) is 0.376. The molecule has 2 aromatic carbocycles. The summed E-state index contributed by atoms with van der Waals surface area (Å²) in [5.74, 6) is 0.0462. The number of carbonyl (C=O) groups excluding carboxylic acids is 2. The van der Waals surface area contributed by atoms with Crippen LogP contribution in [0.1, 0.15) is 38.1 Å². The Kier molecular flexibility index (Phi) is 6.96. The number of tetrazole rings is 1. The largest absolute Gasteiger partial charge is 0.458 e. The number of aryl methyl sites for hydroxylation is 1. The van der Waals surface area contributed by atoms with Gasteiger partial charge in [-0.25, -0.2) is 4.39 Å². The van der Waals surface area contributed by atoms with Crippen molar-refractivity contribution in [3.63, 3.8) is 0 Å². The second-order valence-corrected chi connectivity index (χ2v) is 9.35. The van der Waals surface area contributed by atoms with Crippen LogP contribution in [0.4, 0.5) is 10.1 Å². The fourth-order valence-electron chi connectivity index (χ4n) is 3.69. The molecule has 0 aliphatic heterocycles. The van der Waals surface area contributed by atoms with E-state index in [2.05, 4.69) is 20.7 Å². The van der Waals surface area contributed by atoms with Crippen LogP contribution < -0.4 is 10.2 Å². The van der Waals surface area contributed by atoms with Crippen molar-refractivity contribution in [2.24, 2.45) is 0 Å². The van der Waals surface area contributed by atoms with Gasteiger partial charge < -0.3 is 9.73 Å². The molecule has 0 spiro atoms. The maximum Gasteiger partial charge on any atom is 0.251 e. The van der Waals surface area contributed by atoms with Crippen LogP contribution >= 0.6 is 0 Å². The van der Waals surface area contributed by atoms with Crippen LogP contribution in [0.2, 0.25) is 0 Å². The average molecular weight is 491 g/mol. The van der Waals surface area contributed by atoms with E-state index in [1.807, 2.05) is 26.8 Å². The Bertz CT molecular complexity index is 1340. The van der Waals surface area contributed by atoms with Crippen molar-refractivity contribution in [2.45, 2.75) is 45.8 Å². The Morgan fingerprint density at radius 2 is 1.75 bits per heavy atom. The van der Waals surface area contributed by atoms with Crippen molar-refractivity contribution in [3.8, 4) is 11.6 Å². The van der Waals surface area contributed by atoms with Crippen LogP contribution in [0.15, 0.2) is 71.1 Å². The van der Waals surface area contributed by atoms with Gasteiger partial charge in [0.2, 0.25) is 11.7 Å². The highest BCUT2D eigenvalue weighted by Crippen LogP contribution is 2.29. The van der Waals surface area contributed by atoms with Gasteiger partial charge in [0.15, 0.2) is 5.76 Å². The minimum absolute atomic E-state index is 0.239. The van der Waals surface area contributed by atoms with Gasteiger partial charge >= 0.3 is 0 Å². The summed E-state index contributed by atoms with van der Waals surface area (Å²) in [7, 11) is 0. The topological polar surface area (TPSA) is 106 Å². The maximum atomic E-state index is 13.7. The van der Waals surface area contributed by atoms with E-state index in [0.29, 0.717) is 22.8 Å². The van der Waals surface area contributed by atoms with Crippen molar-refractivity contribution in [1.82, 2.24) is 25.5 Å². The van der Waals surface area contributed by atoms with Gasteiger partial charge in [-0.2, -0.15) is 4.80 Å². The number of para-hydroxylation sites is 1. The van der Waals surface area contributed by atoms with Gasteiger partial charge in [0.1, 0.15) is 24.2 Å². The number of nitrogens with zero attached hydrogens (tertiary/aromatic N) is 5. The zero-order valence-corrected chi connectivity index (χ0v) is 20.5. The van der Waals surface area contributed by atoms with E-state index in [9.17, 15) is 14.0 Å². The number of aromatic nitrogens is 4. The highest BCUT2D eigenvalue weighted by molar-refractivity contribution is 6.01. The van der Waals surface area contributed by atoms with Crippen LogP contribution in [-0.4, -0.2) is 37.6 Å². The fraction of sp³-hybridized carbons (Fsp3) is 0.269. The lowest BCUT2D eigenvalue weighted by atomic mass is 10.0. The van der Waals surface area contributed by atoms with E-state index in [1.54, 1.807) is 43.3 Å². The van der Waals surface area contributed by atoms with Crippen LogP contribution in [-0.2, 0) is 16.1 Å². The van der Waals surface area contributed by atoms with Crippen molar-refractivity contribution in [1.29, 1.82) is 0 Å². The summed E-state index contributed by atoms with van der Waals surface area (Å²) >= 11 is 0. The second-order valence-electron chi connectivity index (χ2n) is 9.35. The van der Waals surface area contributed by atoms with Gasteiger partial charge in [-0.05, 0) is 74.9 Å². The lowest BCUT2D eigenvalue weighted by Gasteiger charge is -2.33.